The van der Waals surface area contributed by atoms with E-state index in [1.165, 1.54) is 0 Å². The van der Waals surface area contributed by atoms with E-state index >= 15 is 0 Å². The first-order valence-corrected chi connectivity index (χ1v) is 8.86. The van der Waals surface area contributed by atoms with Crippen molar-refractivity contribution in [1.82, 2.24) is 0 Å². The van der Waals surface area contributed by atoms with Crippen molar-refractivity contribution in [1.29, 1.82) is 0 Å². The minimum absolute atomic E-state index is 0.0315. The molecule has 136 valence electrons. The van der Waals surface area contributed by atoms with Gasteiger partial charge in [0.05, 0.1) is 6.42 Å². The monoisotopic (exact) mass is 359 g/mol. The fraction of sp³-hybridized carbons (Fsp3) is 0.130. The summed E-state index contributed by atoms with van der Waals surface area (Å²) in [5.41, 5.74) is 4.55. The summed E-state index contributed by atoms with van der Waals surface area (Å²) in [4.78, 5) is 23.5. The summed E-state index contributed by atoms with van der Waals surface area (Å²) < 4.78 is 0. The van der Waals surface area contributed by atoms with E-state index in [0.29, 0.717) is 12.1 Å². The maximum atomic E-state index is 12.6. The van der Waals surface area contributed by atoms with E-state index < -0.39 is 5.97 Å². The second-order valence-electron chi connectivity index (χ2n) is 6.30. The number of aryl methyl sites for hydroxylation is 1. The predicted molar refractivity (Wildman–Crippen MR) is 107 cm³/mol. The van der Waals surface area contributed by atoms with Crippen molar-refractivity contribution < 1.29 is 14.7 Å². The van der Waals surface area contributed by atoms with Crippen LogP contribution in [0.1, 0.15) is 17.5 Å². The van der Waals surface area contributed by atoms with E-state index in [1.807, 2.05) is 72.8 Å². The molecule has 2 N–H and O–H groups in total. The number of para-hydroxylation sites is 1. The number of amides is 1. The summed E-state index contributed by atoms with van der Waals surface area (Å²) in [6.45, 7) is 0. The fourth-order valence-corrected chi connectivity index (χ4v) is 3.04. The molecule has 27 heavy (non-hydrogen) atoms. The van der Waals surface area contributed by atoms with Crippen molar-refractivity contribution in [2.75, 3.05) is 5.32 Å². The van der Waals surface area contributed by atoms with E-state index in [0.717, 1.165) is 22.3 Å². The van der Waals surface area contributed by atoms with E-state index in [4.69, 9.17) is 5.11 Å². The van der Waals surface area contributed by atoms with Gasteiger partial charge < -0.3 is 10.4 Å². The minimum atomic E-state index is -0.854. The number of hydrogen-bond donors (Lipinski definition) is 2. The molecule has 0 aromatic heterocycles. The molecule has 0 aliphatic carbocycles. The van der Waals surface area contributed by atoms with Crippen LogP contribution < -0.4 is 5.32 Å². The zero-order valence-corrected chi connectivity index (χ0v) is 14.9. The third kappa shape index (κ3) is 5.05. The van der Waals surface area contributed by atoms with Crippen LogP contribution in [0.25, 0.3) is 11.1 Å². The van der Waals surface area contributed by atoms with Gasteiger partial charge in [0.2, 0.25) is 5.91 Å². The van der Waals surface area contributed by atoms with E-state index in [9.17, 15) is 9.59 Å². The van der Waals surface area contributed by atoms with E-state index in [-0.39, 0.29) is 18.7 Å². The van der Waals surface area contributed by atoms with Crippen molar-refractivity contribution in [2.45, 2.75) is 19.3 Å². The lowest BCUT2D eigenvalue weighted by molar-refractivity contribution is -0.136. The Labute approximate surface area is 158 Å². The zero-order valence-electron chi connectivity index (χ0n) is 14.9. The van der Waals surface area contributed by atoms with Gasteiger partial charge in [-0.25, -0.2) is 0 Å². The molecule has 4 nitrogen and oxygen atoms in total. The predicted octanol–water partition coefficient (Wildman–Crippen LogP) is 4.55. The molecule has 0 heterocycles. The first-order valence-electron chi connectivity index (χ1n) is 8.86. The topological polar surface area (TPSA) is 66.4 Å². The molecule has 0 saturated carbocycles. The first-order chi connectivity index (χ1) is 13.1. The molecule has 0 radical (unpaired) electrons. The van der Waals surface area contributed by atoms with Gasteiger partial charge >= 0.3 is 5.97 Å². The maximum absolute atomic E-state index is 12.6. The quantitative estimate of drug-likeness (QED) is 0.650. The zero-order chi connectivity index (χ0) is 19.1. The number of rotatable bonds is 7. The molecule has 3 rings (SSSR count). The van der Waals surface area contributed by atoms with Crippen LogP contribution in [0.3, 0.4) is 0 Å². The number of anilines is 1. The Bertz CT molecular complexity index is 935. The molecule has 0 spiro atoms. The number of carbonyl (C=O) groups excluding carboxylic acids is 1. The number of nitrogens with one attached hydrogen (secondary N) is 1. The number of carbonyl (C=O) groups is 2. The molecule has 0 aliphatic heterocycles. The Morgan fingerprint density at radius 3 is 2.15 bits per heavy atom. The lowest BCUT2D eigenvalue weighted by atomic mass is 9.97. The molecular weight excluding hydrogens is 338 g/mol. The molecule has 3 aromatic rings. The highest BCUT2D eigenvalue weighted by Gasteiger charge is 2.11. The van der Waals surface area contributed by atoms with Crippen molar-refractivity contribution in [3.05, 3.63) is 90.0 Å². The average Bonchev–Trinajstić information content (AvgIpc) is 2.68. The summed E-state index contributed by atoms with van der Waals surface area (Å²) in [6, 6.07) is 25.2. The highest BCUT2D eigenvalue weighted by molar-refractivity contribution is 5.94. The number of aliphatic carboxylic acids is 1. The van der Waals surface area contributed by atoms with Gasteiger partial charge in [-0.1, -0.05) is 72.8 Å². The van der Waals surface area contributed by atoms with Gasteiger partial charge in [0, 0.05) is 12.1 Å². The van der Waals surface area contributed by atoms with Crippen molar-refractivity contribution in [2.24, 2.45) is 0 Å². The summed E-state index contributed by atoms with van der Waals surface area (Å²) in [7, 11) is 0. The van der Waals surface area contributed by atoms with Crippen LogP contribution in [0, 0.1) is 0 Å². The molecule has 4 heteroatoms. The van der Waals surface area contributed by atoms with Crippen molar-refractivity contribution in [3.63, 3.8) is 0 Å². The van der Waals surface area contributed by atoms with Gasteiger partial charge in [-0.2, -0.15) is 0 Å². The molecule has 0 bridgehead atoms. The van der Waals surface area contributed by atoms with Gasteiger partial charge in [-0.3, -0.25) is 9.59 Å². The number of benzene rings is 3. The van der Waals surface area contributed by atoms with Crippen LogP contribution in [-0.2, 0) is 22.4 Å². The second kappa shape index (κ2) is 8.81. The highest BCUT2D eigenvalue weighted by Crippen LogP contribution is 2.24. The number of carboxylic acid groups (broad SMARTS) is 1. The van der Waals surface area contributed by atoms with Gasteiger partial charge in [-0.15, -0.1) is 0 Å². The van der Waals surface area contributed by atoms with Gasteiger partial charge in [0.15, 0.2) is 0 Å². The SMILES string of the molecule is O=C(O)CCc1ccccc1NC(=O)Cc1ccccc1-c1ccccc1. The smallest absolute Gasteiger partial charge is 0.303 e. The van der Waals surface area contributed by atoms with Gasteiger partial charge in [0.25, 0.3) is 0 Å². The van der Waals surface area contributed by atoms with Crippen LogP contribution in [0.4, 0.5) is 5.69 Å². The summed E-state index contributed by atoms with van der Waals surface area (Å²) >= 11 is 0. The first kappa shape index (κ1) is 18.4. The van der Waals surface area contributed by atoms with Gasteiger partial charge in [-0.05, 0) is 34.7 Å². The molecule has 0 aliphatic rings. The maximum Gasteiger partial charge on any atom is 0.303 e. The normalized spacial score (nSPS) is 10.4. The molecule has 0 unspecified atom stereocenters. The van der Waals surface area contributed by atoms with Crippen LogP contribution in [0.15, 0.2) is 78.9 Å². The molecule has 0 saturated heterocycles. The van der Waals surface area contributed by atoms with E-state index in [1.54, 1.807) is 6.07 Å². The second-order valence-corrected chi connectivity index (χ2v) is 6.30. The molecule has 0 atom stereocenters. The van der Waals surface area contributed by atoms with Crippen LogP contribution in [0.2, 0.25) is 0 Å². The molecule has 0 fully saturated rings. The lowest BCUT2D eigenvalue weighted by Gasteiger charge is -2.12. The Hall–Kier alpha value is -3.40. The minimum Gasteiger partial charge on any atom is -0.481 e. The van der Waals surface area contributed by atoms with Crippen molar-refractivity contribution in [3.8, 4) is 11.1 Å². The number of carboxylic acids is 1. The third-order valence-electron chi connectivity index (χ3n) is 4.35. The van der Waals surface area contributed by atoms with Crippen LogP contribution in [-0.4, -0.2) is 17.0 Å². The standard InChI is InChI=1S/C23H21NO3/c25-22(24-21-13-7-5-10-18(21)14-15-23(26)27)16-19-11-4-6-12-20(19)17-8-2-1-3-9-17/h1-13H,14-16H2,(H,24,25)(H,26,27). The Morgan fingerprint density at radius 2 is 1.41 bits per heavy atom. The summed E-state index contributed by atoms with van der Waals surface area (Å²) in [5, 5.41) is 11.8. The Kier molecular flexibility index (Phi) is 6.00. The average molecular weight is 359 g/mol. The number of hydrogen-bond acceptors (Lipinski definition) is 2. The summed E-state index contributed by atoms with van der Waals surface area (Å²) in [6.07, 6.45) is 0.661. The largest absolute Gasteiger partial charge is 0.481 e. The fourth-order valence-electron chi connectivity index (χ4n) is 3.04. The van der Waals surface area contributed by atoms with Crippen LogP contribution in [0.5, 0.6) is 0 Å². The lowest BCUT2D eigenvalue weighted by Crippen LogP contribution is -2.16. The molecule has 3 aromatic carbocycles. The molecular formula is C23H21NO3. The Morgan fingerprint density at radius 1 is 0.778 bits per heavy atom. The van der Waals surface area contributed by atoms with E-state index in [2.05, 4.69) is 5.32 Å². The van der Waals surface area contributed by atoms with Crippen molar-refractivity contribution >= 4 is 17.6 Å². The summed E-state index contributed by atoms with van der Waals surface area (Å²) in [5.74, 6) is -0.978. The third-order valence-corrected chi connectivity index (χ3v) is 4.35. The van der Waals surface area contributed by atoms with Crippen LogP contribution >= 0.6 is 0 Å². The molecule has 1 amide bonds. The highest BCUT2D eigenvalue weighted by atomic mass is 16.4. The Balaban J connectivity index is 1.75. The van der Waals surface area contributed by atoms with Gasteiger partial charge in [0.1, 0.15) is 0 Å².